The Hall–Kier alpha value is -1.51. The van der Waals surface area contributed by atoms with Gasteiger partial charge in [0.05, 0.1) is 9.82 Å². The second-order valence-corrected chi connectivity index (χ2v) is 7.08. The molecule has 0 aliphatic carbocycles. The third-order valence-electron chi connectivity index (χ3n) is 4.02. The Morgan fingerprint density at radius 2 is 1.68 bits per heavy atom. The number of rotatable bonds is 7. The topological polar surface area (TPSA) is 115 Å². The van der Waals surface area contributed by atoms with Gasteiger partial charge in [-0.25, -0.2) is 13.1 Å². The summed E-state index contributed by atoms with van der Waals surface area (Å²) in [6, 6.07) is 2.53. The number of aryl methyl sites for hydroxylation is 2. The van der Waals surface area contributed by atoms with Gasteiger partial charge in [-0.1, -0.05) is 13.8 Å². The van der Waals surface area contributed by atoms with Gasteiger partial charge in [-0.15, -0.1) is 0 Å². The van der Waals surface area contributed by atoms with Crippen LogP contribution in [-0.2, 0) is 10.0 Å². The molecule has 1 aromatic carbocycles. The summed E-state index contributed by atoms with van der Waals surface area (Å²) in [5, 5.41) is 10.9. The minimum atomic E-state index is -3.81. The minimum absolute atomic E-state index is 0.0813. The summed E-state index contributed by atoms with van der Waals surface area (Å²) < 4.78 is 28.1. The lowest BCUT2D eigenvalue weighted by molar-refractivity contribution is -0.385. The number of benzene rings is 1. The number of sulfonamides is 1. The van der Waals surface area contributed by atoms with Crippen LogP contribution >= 0.6 is 0 Å². The SMILES string of the molecule is CCC(CC)(CN)NS(=O)(=O)c1c(C)cc([N+](=O)[O-])cc1C. The molecular weight excluding hydrogens is 306 g/mol. The van der Waals surface area contributed by atoms with Gasteiger partial charge in [0.25, 0.3) is 5.69 Å². The van der Waals surface area contributed by atoms with E-state index in [1.807, 2.05) is 13.8 Å². The maximum atomic E-state index is 12.7. The molecule has 0 saturated carbocycles. The van der Waals surface area contributed by atoms with Crippen LogP contribution in [0.25, 0.3) is 0 Å². The van der Waals surface area contributed by atoms with Gasteiger partial charge >= 0.3 is 0 Å². The highest BCUT2D eigenvalue weighted by molar-refractivity contribution is 7.89. The molecule has 124 valence electrons. The highest BCUT2D eigenvalue weighted by Gasteiger charge is 2.32. The average molecular weight is 329 g/mol. The molecule has 22 heavy (non-hydrogen) atoms. The van der Waals surface area contributed by atoms with Crippen LogP contribution in [0.15, 0.2) is 17.0 Å². The fraction of sp³-hybridized carbons (Fsp3) is 0.571. The predicted molar refractivity (Wildman–Crippen MR) is 85.3 cm³/mol. The third kappa shape index (κ3) is 3.63. The van der Waals surface area contributed by atoms with E-state index in [1.165, 1.54) is 12.1 Å². The zero-order valence-electron chi connectivity index (χ0n) is 13.3. The van der Waals surface area contributed by atoms with Crippen LogP contribution in [0.1, 0.15) is 37.8 Å². The number of hydrogen-bond acceptors (Lipinski definition) is 5. The lowest BCUT2D eigenvalue weighted by Gasteiger charge is -2.31. The van der Waals surface area contributed by atoms with Crippen molar-refractivity contribution in [2.45, 2.75) is 51.0 Å². The van der Waals surface area contributed by atoms with E-state index >= 15 is 0 Å². The summed E-state index contributed by atoms with van der Waals surface area (Å²) >= 11 is 0. The summed E-state index contributed by atoms with van der Waals surface area (Å²) in [6.07, 6.45) is 1.12. The maximum Gasteiger partial charge on any atom is 0.270 e. The van der Waals surface area contributed by atoms with E-state index in [9.17, 15) is 18.5 Å². The summed E-state index contributed by atoms with van der Waals surface area (Å²) in [4.78, 5) is 10.4. The summed E-state index contributed by atoms with van der Waals surface area (Å²) in [5.41, 5.74) is 5.60. The lowest BCUT2D eigenvalue weighted by Crippen LogP contribution is -2.52. The Morgan fingerprint density at radius 1 is 1.23 bits per heavy atom. The van der Waals surface area contributed by atoms with E-state index in [2.05, 4.69) is 4.72 Å². The normalized spacial score (nSPS) is 12.4. The Morgan fingerprint density at radius 3 is 2.00 bits per heavy atom. The first-order chi connectivity index (χ1) is 10.1. The monoisotopic (exact) mass is 329 g/mol. The van der Waals surface area contributed by atoms with Gasteiger partial charge < -0.3 is 5.73 Å². The maximum absolute atomic E-state index is 12.7. The van der Waals surface area contributed by atoms with E-state index in [-0.39, 0.29) is 17.1 Å². The van der Waals surface area contributed by atoms with E-state index in [4.69, 9.17) is 5.73 Å². The second kappa shape index (κ2) is 6.72. The number of nitrogens with one attached hydrogen (secondary N) is 1. The van der Waals surface area contributed by atoms with E-state index < -0.39 is 20.5 Å². The first-order valence-corrected chi connectivity index (χ1v) is 8.60. The fourth-order valence-electron chi connectivity index (χ4n) is 2.52. The van der Waals surface area contributed by atoms with Gasteiger partial charge in [-0.05, 0) is 37.8 Å². The number of hydrogen-bond donors (Lipinski definition) is 2. The predicted octanol–water partition coefficient (Wildman–Crippen LogP) is 2.01. The van der Waals surface area contributed by atoms with E-state index in [0.717, 1.165) is 0 Å². The fourth-order valence-corrected chi connectivity index (χ4v) is 4.53. The summed E-state index contributed by atoms with van der Waals surface area (Å²) in [5.74, 6) is 0. The Balaban J connectivity index is 3.38. The molecule has 1 aromatic rings. The van der Waals surface area contributed by atoms with Crippen molar-refractivity contribution in [1.82, 2.24) is 4.72 Å². The Labute approximate surface area is 131 Å². The standard InChI is InChI=1S/C14H23N3O4S/c1-5-14(6-2,9-15)16-22(20,21)13-10(3)7-12(17(18)19)8-11(13)4/h7-8,16H,5-6,9,15H2,1-4H3. The first kappa shape index (κ1) is 18.5. The largest absolute Gasteiger partial charge is 0.329 e. The van der Waals surface area contributed by atoms with Gasteiger partial charge in [0.2, 0.25) is 10.0 Å². The van der Waals surface area contributed by atoms with Crippen LogP contribution in [0.3, 0.4) is 0 Å². The van der Waals surface area contributed by atoms with Crippen LogP contribution in [-0.4, -0.2) is 25.4 Å². The van der Waals surface area contributed by atoms with Crippen LogP contribution in [0.5, 0.6) is 0 Å². The third-order valence-corrected chi connectivity index (χ3v) is 5.90. The number of non-ortho nitro benzene ring substituents is 1. The molecule has 0 aliphatic heterocycles. The molecule has 0 aromatic heterocycles. The minimum Gasteiger partial charge on any atom is -0.329 e. The van der Waals surface area contributed by atoms with Gasteiger partial charge in [0.1, 0.15) is 0 Å². The highest BCUT2D eigenvalue weighted by atomic mass is 32.2. The zero-order chi connectivity index (χ0) is 17.1. The molecule has 0 unspecified atom stereocenters. The quantitative estimate of drug-likeness (QED) is 0.586. The molecule has 0 spiro atoms. The molecule has 0 bridgehead atoms. The Kier molecular flexibility index (Phi) is 5.66. The average Bonchev–Trinajstić information content (AvgIpc) is 2.43. The molecule has 0 atom stereocenters. The van der Waals surface area contributed by atoms with Crippen molar-refractivity contribution in [2.24, 2.45) is 5.73 Å². The number of nitrogens with two attached hydrogens (primary N) is 1. The van der Waals surface area contributed by atoms with Gasteiger partial charge in [0, 0.05) is 24.2 Å². The van der Waals surface area contributed by atoms with Crippen molar-refractivity contribution < 1.29 is 13.3 Å². The molecule has 0 amide bonds. The van der Waals surface area contributed by atoms with Crippen LogP contribution < -0.4 is 10.5 Å². The van der Waals surface area contributed by atoms with Gasteiger partial charge in [0.15, 0.2) is 0 Å². The number of nitro groups is 1. The molecular formula is C14H23N3O4S. The van der Waals surface area contributed by atoms with Crippen molar-refractivity contribution in [3.05, 3.63) is 33.4 Å². The highest BCUT2D eigenvalue weighted by Crippen LogP contribution is 2.27. The van der Waals surface area contributed by atoms with Crippen molar-refractivity contribution in [1.29, 1.82) is 0 Å². The molecule has 0 radical (unpaired) electrons. The van der Waals surface area contributed by atoms with Crippen LogP contribution in [0.4, 0.5) is 5.69 Å². The van der Waals surface area contributed by atoms with Crippen molar-refractivity contribution in [2.75, 3.05) is 6.54 Å². The second-order valence-electron chi connectivity index (χ2n) is 5.46. The van der Waals surface area contributed by atoms with E-state index in [0.29, 0.717) is 24.0 Å². The van der Waals surface area contributed by atoms with Crippen molar-refractivity contribution in [3.8, 4) is 0 Å². The first-order valence-electron chi connectivity index (χ1n) is 7.12. The van der Waals surface area contributed by atoms with Crippen LogP contribution in [0, 0.1) is 24.0 Å². The van der Waals surface area contributed by atoms with Crippen molar-refractivity contribution in [3.63, 3.8) is 0 Å². The van der Waals surface area contributed by atoms with Crippen molar-refractivity contribution >= 4 is 15.7 Å². The number of nitrogens with zero attached hydrogens (tertiary/aromatic N) is 1. The molecule has 0 heterocycles. The molecule has 1 rings (SSSR count). The molecule has 0 fully saturated rings. The molecule has 0 saturated heterocycles. The number of nitro benzene ring substituents is 1. The molecule has 3 N–H and O–H groups in total. The van der Waals surface area contributed by atoms with Gasteiger partial charge in [-0.3, -0.25) is 10.1 Å². The van der Waals surface area contributed by atoms with Crippen LogP contribution in [0.2, 0.25) is 0 Å². The summed E-state index contributed by atoms with van der Waals surface area (Å²) in [6.45, 7) is 7.03. The van der Waals surface area contributed by atoms with Gasteiger partial charge in [-0.2, -0.15) is 0 Å². The molecule has 8 heteroatoms. The lowest BCUT2D eigenvalue weighted by atomic mass is 9.95. The van der Waals surface area contributed by atoms with E-state index in [1.54, 1.807) is 13.8 Å². The molecule has 0 aliphatic rings. The smallest absolute Gasteiger partial charge is 0.270 e. The summed E-state index contributed by atoms with van der Waals surface area (Å²) in [7, 11) is -3.81. The zero-order valence-corrected chi connectivity index (χ0v) is 14.2. The Bertz CT molecular complexity index is 635. The molecule has 7 nitrogen and oxygen atoms in total.